The van der Waals surface area contributed by atoms with Crippen LogP contribution in [0.1, 0.15) is 36.8 Å². The Bertz CT molecular complexity index is 490. The predicted molar refractivity (Wildman–Crippen MR) is 88.5 cm³/mol. The number of aliphatic hydroxyl groups excluding tert-OH is 1. The summed E-state index contributed by atoms with van der Waals surface area (Å²) in [7, 11) is 1.95. The molecule has 1 aliphatic carbocycles. The summed E-state index contributed by atoms with van der Waals surface area (Å²) < 4.78 is 0. The van der Waals surface area contributed by atoms with Crippen molar-refractivity contribution in [3.05, 3.63) is 35.4 Å². The predicted octanol–water partition coefficient (Wildman–Crippen LogP) is 2.09. The first-order chi connectivity index (χ1) is 10.5. The number of nitrogens with zero attached hydrogens (tertiary/aromatic N) is 1. The van der Waals surface area contributed by atoms with E-state index in [0.717, 1.165) is 31.4 Å². The molecule has 0 aromatic heterocycles. The molecule has 22 heavy (non-hydrogen) atoms. The van der Waals surface area contributed by atoms with Crippen LogP contribution in [-0.2, 0) is 11.3 Å². The minimum Gasteiger partial charge on any atom is -0.393 e. The normalized spacial score (nSPS) is 21.8. The van der Waals surface area contributed by atoms with E-state index in [4.69, 9.17) is 0 Å². The van der Waals surface area contributed by atoms with Crippen LogP contribution in [0.4, 0.5) is 0 Å². The topological polar surface area (TPSA) is 52.6 Å². The number of carbonyl (C=O) groups excluding carboxylic acids is 1. The Morgan fingerprint density at radius 2 is 2.14 bits per heavy atom. The van der Waals surface area contributed by atoms with Gasteiger partial charge in [0.1, 0.15) is 0 Å². The number of benzene rings is 1. The molecular weight excluding hydrogens is 276 g/mol. The van der Waals surface area contributed by atoms with E-state index >= 15 is 0 Å². The second kappa shape index (κ2) is 8.30. The lowest BCUT2D eigenvalue weighted by molar-refractivity contribution is -0.122. The molecule has 0 spiro atoms. The van der Waals surface area contributed by atoms with Crippen LogP contribution in [0.3, 0.4) is 0 Å². The highest BCUT2D eigenvalue weighted by atomic mass is 16.3. The first-order valence-electron chi connectivity index (χ1n) is 8.23. The van der Waals surface area contributed by atoms with Gasteiger partial charge < -0.3 is 10.4 Å². The van der Waals surface area contributed by atoms with Gasteiger partial charge in [-0.2, -0.15) is 0 Å². The zero-order valence-electron chi connectivity index (χ0n) is 13.7. The quantitative estimate of drug-likeness (QED) is 0.846. The van der Waals surface area contributed by atoms with Gasteiger partial charge in [-0.3, -0.25) is 9.69 Å². The number of aliphatic hydroxyl groups is 1. The van der Waals surface area contributed by atoms with E-state index in [9.17, 15) is 9.90 Å². The van der Waals surface area contributed by atoms with E-state index in [1.54, 1.807) is 0 Å². The highest BCUT2D eigenvalue weighted by Gasteiger charge is 2.24. The highest BCUT2D eigenvalue weighted by Crippen LogP contribution is 2.24. The van der Waals surface area contributed by atoms with Gasteiger partial charge in [0.25, 0.3) is 0 Å². The highest BCUT2D eigenvalue weighted by molar-refractivity contribution is 5.77. The molecule has 4 nitrogen and oxygen atoms in total. The van der Waals surface area contributed by atoms with E-state index in [1.807, 2.05) is 24.1 Å². The number of nitrogens with one attached hydrogen (secondary N) is 1. The SMILES string of the molecule is Cc1cccc(CNC(=O)CN(C)CC2CCCCC2O)c1. The van der Waals surface area contributed by atoms with Crippen molar-refractivity contribution >= 4 is 5.91 Å². The minimum absolute atomic E-state index is 0.0364. The third-order valence-corrected chi connectivity index (χ3v) is 4.40. The van der Waals surface area contributed by atoms with Gasteiger partial charge in [-0.1, -0.05) is 42.7 Å². The lowest BCUT2D eigenvalue weighted by Gasteiger charge is -2.30. The fourth-order valence-electron chi connectivity index (χ4n) is 3.19. The largest absolute Gasteiger partial charge is 0.393 e. The summed E-state index contributed by atoms with van der Waals surface area (Å²) >= 11 is 0. The summed E-state index contributed by atoms with van der Waals surface area (Å²) in [6.07, 6.45) is 4.08. The van der Waals surface area contributed by atoms with E-state index in [1.165, 1.54) is 12.0 Å². The van der Waals surface area contributed by atoms with Crippen molar-refractivity contribution in [1.82, 2.24) is 10.2 Å². The lowest BCUT2D eigenvalue weighted by Crippen LogP contribution is -2.40. The van der Waals surface area contributed by atoms with Crippen molar-refractivity contribution in [2.75, 3.05) is 20.1 Å². The number of hydrogen-bond donors (Lipinski definition) is 2. The molecule has 1 aromatic carbocycles. The van der Waals surface area contributed by atoms with Gasteiger partial charge in [0.15, 0.2) is 0 Å². The Morgan fingerprint density at radius 1 is 1.36 bits per heavy atom. The number of hydrogen-bond acceptors (Lipinski definition) is 3. The second-order valence-corrected chi connectivity index (χ2v) is 6.57. The van der Waals surface area contributed by atoms with E-state index in [2.05, 4.69) is 24.4 Å². The third-order valence-electron chi connectivity index (χ3n) is 4.40. The minimum atomic E-state index is -0.202. The maximum Gasteiger partial charge on any atom is 0.234 e. The summed E-state index contributed by atoms with van der Waals surface area (Å²) in [5, 5.41) is 13.0. The molecule has 0 heterocycles. The third kappa shape index (κ3) is 5.43. The average molecular weight is 304 g/mol. The van der Waals surface area contributed by atoms with E-state index in [0.29, 0.717) is 19.0 Å². The smallest absolute Gasteiger partial charge is 0.234 e. The van der Waals surface area contributed by atoms with Gasteiger partial charge in [0.05, 0.1) is 12.6 Å². The maximum atomic E-state index is 12.0. The Hall–Kier alpha value is -1.39. The van der Waals surface area contributed by atoms with Gasteiger partial charge in [-0.05, 0) is 38.3 Å². The Balaban J connectivity index is 1.71. The molecule has 2 N–H and O–H groups in total. The van der Waals surface area contributed by atoms with Gasteiger partial charge in [0.2, 0.25) is 5.91 Å². The van der Waals surface area contributed by atoms with Gasteiger partial charge in [-0.15, -0.1) is 0 Å². The van der Waals surface area contributed by atoms with Crippen LogP contribution >= 0.6 is 0 Å². The fourth-order valence-corrected chi connectivity index (χ4v) is 3.19. The second-order valence-electron chi connectivity index (χ2n) is 6.57. The van der Waals surface area contributed by atoms with Crippen LogP contribution in [0.2, 0.25) is 0 Å². The molecule has 0 radical (unpaired) electrons. The van der Waals surface area contributed by atoms with Crippen LogP contribution in [0.5, 0.6) is 0 Å². The molecule has 1 fully saturated rings. The van der Waals surface area contributed by atoms with Crippen LogP contribution in [0.15, 0.2) is 24.3 Å². The molecule has 2 rings (SSSR count). The van der Waals surface area contributed by atoms with Crippen molar-refractivity contribution < 1.29 is 9.90 Å². The number of rotatable bonds is 6. The van der Waals surface area contributed by atoms with Crippen LogP contribution < -0.4 is 5.32 Å². The standard InChI is InChI=1S/C18H28N2O2/c1-14-6-5-7-15(10-14)11-19-18(22)13-20(2)12-16-8-3-4-9-17(16)21/h5-7,10,16-17,21H,3-4,8-9,11-13H2,1-2H3,(H,19,22). The molecule has 4 heteroatoms. The number of likely N-dealkylation sites (N-methyl/N-ethyl adjacent to an activating group) is 1. The summed E-state index contributed by atoms with van der Waals surface area (Å²) in [4.78, 5) is 14.0. The molecule has 0 aliphatic heterocycles. The van der Waals surface area contributed by atoms with Gasteiger partial charge in [-0.25, -0.2) is 0 Å². The fraction of sp³-hybridized carbons (Fsp3) is 0.611. The zero-order chi connectivity index (χ0) is 15.9. The average Bonchev–Trinajstić information content (AvgIpc) is 2.47. The molecule has 122 valence electrons. The summed E-state index contributed by atoms with van der Waals surface area (Å²) in [5.41, 5.74) is 2.33. The first kappa shape index (κ1) is 17.0. The van der Waals surface area contributed by atoms with Crippen molar-refractivity contribution in [2.45, 2.75) is 45.3 Å². The summed E-state index contributed by atoms with van der Waals surface area (Å²) in [5.74, 6) is 0.345. The number of amides is 1. The zero-order valence-corrected chi connectivity index (χ0v) is 13.7. The first-order valence-corrected chi connectivity index (χ1v) is 8.23. The summed E-state index contributed by atoms with van der Waals surface area (Å²) in [6.45, 7) is 3.79. The van der Waals surface area contributed by atoms with E-state index in [-0.39, 0.29) is 12.0 Å². The maximum absolute atomic E-state index is 12.0. The molecule has 0 saturated heterocycles. The molecule has 2 unspecified atom stereocenters. The van der Waals surface area contributed by atoms with Crippen molar-refractivity contribution in [3.63, 3.8) is 0 Å². The van der Waals surface area contributed by atoms with Gasteiger partial charge in [0, 0.05) is 13.1 Å². The molecule has 1 aliphatic rings. The molecule has 1 saturated carbocycles. The van der Waals surface area contributed by atoms with Crippen LogP contribution in [0, 0.1) is 12.8 Å². The van der Waals surface area contributed by atoms with Crippen LogP contribution in [-0.4, -0.2) is 42.2 Å². The summed E-state index contributed by atoms with van der Waals surface area (Å²) in [6, 6.07) is 8.17. The molecule has 1 amide bonds. The van der Waals surface area contributed by atoms with Crippen molar-refractivity contribution in [3.8, 4) is 0 Å². The molecule has 2 atom stereocenters. The van der Waals surface area contributed by atoms with Crippen LogP contribution in [0.25, 0.3) is 0 Å². The van der Waals surface area contributed by atoms with Gasteiger partial charge >= 0.3 is 0 Å². The Labute approximate surface area is 133 Å². The molecular formula is C18H28N2O2. The molecule has 0 bridgehead atoms. The monoisotopic (exact) mass is 304 g/mol. The Morgan fingerprint density at radius 3 is 2.86 bits per heavy atom. The van der Waals surface area contributed by atoms with E-state index < -0.39 is 0 Å². The lowest BCUT2D eigenvalue weighted by atomic mass is 9.86. The van der Waals surface area contributed by atoms with Crippen molar-refractivity contribution in [2.24, 2.45) is 5.92 Å². The number of carbonyl (C=O) groups is 1. The number of aryl methyl sites for hydroxylation is 1. The van der Waals surface area contributed by atoms with Crippen molar-refractivity contribution in [1.29, 1.82) is 0 Å². The Kier molecular flexibility index (Phi) is 6.40. The molecule has 1 aromatic rings.